The Morgan fingerprint density at radius 2 is 2.33 bits per heavy atom. The van der Waals surface area contributed by atoms with Crippen LogP contribution in [-0.2, 0) is 4.79 Å². The maximum absolute atomic E-state index is 11.9. The molecule has 3 atom stereocenters. The van der Waals surface area contributed by atoms with Crippen molar-refractivity contribution in [2.45, 2.75) is 32.7 Å². The van der Waals surface area contributed by atoms with E-state index in [0.717, 1.165) is 13.0 Å². The van der Waals surface area contributed by atoms with E-state index in [9.17, 15) is 9.90 Å². The molecule has 15 heavy (non-hydrogen) atoms. The average molecular weight is 214 g/mol. The molecule has 0 saturated carbocycles. The average Bonchev–Trinajstić information content (AvgIpc) is 2.59. The first-order valence-corrected chi connectivity index (χ1v) is 5.70. The second-order valence-corrected chi connectivity index (χ2v) is 4.65. The van der Waals surface area contributed by atoms with E-state index in [-0.39, 0.29) is 24.5 Å². The van der Waals surface area contributed by atoms with Gasteiger partial charge in [-0.15, -0.1) is 0 Å². The number of carbonyl (C=O) groups is 1. The molecular formula is C11H22N2O2. The van der Waals surface area contributed by atoms with Gasteiger partial charge in [-0.25, -0.2) is 0 Å². The second kappa shape index (κ2) is 5.47. The summed E-state index contributed by atoms with van der Waals surface area (Å²) in [5.74, 6) is 0.774. The van der Waals surface area contributed by atoms with Crippen molar-refractivity contribution < 1.29 is 9.90 Å². The largest absolute Gasteiger partial charge is 0.394 e. The summed E-state index contributed by atoms with van der Waals surface area (Å²) in [5, 5.41) is 9.23. The minimum atomic E-state index is 0.0162. The molecule has 0 aromatic rings. The number of nitrogens with zero attached hydrogens (tertiary/aromatic N) is 1. The highest BCUT2D eigenvalue weighted by Crippen LogP contribution is 2.24. The van der Waals surface area contributed by atoms with Crippen LogP contribution in [0.4, 0.5) is 0 Å². The molecule has 1 fully saturated rings. The van der Waals surface area contributed by atoms with Gasteiger partial charge < -0.3 is 15.7 Å². The van der Waals surface area contributed by atoms with Crippen molar-refractivity contribution in [3.63, 3.8) is 0 Å². The summed E-state index contributed by atoms with van der Waals surface area (Å²) in [6.07, 6.45) is 1.49. The zero-order valence-corrected chi connectivity index (χ0v) is 9.65. The number of rotatable bonds is 4. The summed E-state index contributed by atoms with van der Waals surface area (Å²) in [6.45, 7) is 5.46. The van der Waals surface area contributed by atoms with Crippen LogP contribution in [0.1, 0.15) is 26.7 Å². The van der Waals surface area contributed by atoms with Gasteiger partial charge >= 0.3 is 0 Å². The summed E-state index contributed by atoms with van der Waals surface area (Å²) in [6, 6.07) is 0.0162. The standard InChI is InChI=1S/C11H22N2O2/c1-8(6-12)5-11(15)13-4-3-9(2)10(13)7-14/h8-10,14H,3-7,12H2,1-2H3. The molecule has 3 N–H and O–H groups in total. The molecule has 0 aliphatic carbocycles. The lowest BCUT2D eigenvalue weighted by molar-refractivity contribution is -0.133. The number of hydrogen-bond donors (Lipinski definition) is 2. The van der Waals surface area contributed by atoms with E-state index in [2.05, 4.69) is 6.92 Å². The molecule has 3 unspecified atom stereocenters. The molecule has 1 saturated heterocycles. The van der Waals surface area contributed by atoms with Gasteiger partial charge in [0.05, 0.1) is 12.6 Å². The maximum atomic E-state index is 11.9. The van der Waals surface area contributed by atoms with Gasteiger partial charge in [0.25, 0.3) is 0 Å². The van der Waals surface area contributed by atoms with Crippen molar-refractivity contribution in [3.05, 3.63) is 0 Å². The van der Waals surface area contributed by atoms with Crippen LogP contribution in [0.5, 0.6) is 0 Å². The van der Waals surface area contributed by atoms with Crippen LogP contribution in [0.2, 0.25) is 0 Å². The van der Waals surface area contributed by atoms with Crippen molar-refractivity contribution in [3.8, 4) is 0 Å². The predicted molar refractivity (Wildman–Crippen MR) is 59.2 cm³/mol. The number of carbonyl (C=O) groups excluding carboxylic acids is 1. The van der Waals surface area contributed by atoms with Gasteiger partial charge in [-0.05, 0) is 24.8 Å². The van der Waals surface area contributed by atoms with Gasteiger partial charge in [0.1, 0.15) is 0 Å². The maximum Gasteiger partial charge on any atom is 0.223 e. The summed E-state index contributed by atoms with van der Waals surface area (Å²) in [7, 11) is 0. The molecule has 88 valence electrons. The molecule has 4 nitrogen and oxygen atoms in total. The van der Waals surface area contributed by atoms with Crippen LogP contribution < -0.4 is 5.73 Å². The number of hydrogen-bond acceptors (Lipinski definition) is 3. The highest BCUT2D eigenvalue weighted by atomic mass is 16.3. The normalized spacial score (nSPS) is 28.1. The van der Waals surface area contributed by atoms with Gasteiger partial charge in [0.2, 0.25) is 5.91 Å². The predicted octanol–water partition coefficient (Wildman–Crippen LogP) is 0.201. The fourth-order valence-corrected chi connectivity index (χ4v) is 2.09. The first-order valence-electron chi connectivity index (χ1n) is 5.70. The van der Waals surface area contributed by atoms with Crippen molar-refractivity contribution in [1.82, 2.24) is 4.90 Å². The van der Waals surface area contributed by atoms with Crippen LogP contribution >= 0.6 is 0 Å². The molecule has 0 radical (unpaired) electrons. The highest BCUT2D eigenvalue weighted by molar-refractivity contribution is 5.77. The molecule has 0 aromatic carbocycles. The van der Waals surface area contributed by atoms with E-state index < -0.39 is 0 Å². The molecule has 1 heterocycles. The lowest BCUT2D eigenvalue weighted by atomic mass is 10.0. The molecular weight excluding hydrogens is 192 g/mol. The van der Waals surface area contributed by atoms with Crippen molar-refractivity contribution in [2.24, 2.45) is 17.6 Å². The SMILES string of the molecule is CC(CN)CC(=O)N1CCC(C)C1CO. The Labute approximate surface area is 91.4 Å². The van der Waals surface area contributed by atoms with E-state index in [0.29, 0.717) is 18.9 Å². The Hall–Kier alpha value is -0.610. The Balaban J connectivity index is 2.52. The second-order valence-electron chi connectivity index (χ2n) is 4.65. The Kier molecular flexibility index (Phi) is 4.54. The van der Waals surface area contributed by atoms with Gasteiger partial charge in [0, 0.05) is 13.0 Å². The summed E-state index contributed by atoms with van der Waals surface area (Å²) >= 11 is 0. The van der Waals surface area contributed by atoms with E-state index in [1.807, 2.05) is 11.8 Å². The molecule has 1 aliphatic heterocycles. The third-order valence-electron chi connectivity index (χ3n) is 3.32. The minimum absolute atomic E-state index is 0.0162. The Morgan fingerprint density at radius 1 is 1.67 bits per heavy atom. The first-order chi connectivity index (χ1) is 7.10. The first kappa shape index (κ1) is 12.5. The van der Waals surface area contributed by atoms with Crippen LogP contribution in [0.3, 0.4) is 0 Å². The summed E-state index contributed by atoms with van der Waals surface area (Å²) in [5.41, 5.74) is 5.49. The smallest absolute Gasteiger partial charge is 0.223 e. The van der Waals surface area contributed by atoms with Crippen LogP contribution in [0.25, 0.3) is 0 Å². The molecule has 0 bridgehead atoms. The van der Waals surface area contributed by atoms with E-state index in [1.54, 1.807) is 0 Å². The molecule has 1 aliphatic rings. The van der Waals surface area contributed by atoms with Crippen molar-refractivity contribution in [2.75, 3.05) is 19.7 Å². The number of nitrogens with two attached hydrogens (primary N) is 1. The minimum Gasteiger partial charge on any atom is -0.394 e. The molecule has 4 heteroatoms. The van der Waals surface area contributed by atoms with E-state index >= 15 is 0 Å². The number of aliphatic hydroxyl groups excluding tert-OH is 1. The quantitative estimate of drug-likeness (QED) is 0.702. The Bertz CT molecular complexity index is 221. The topological polar surface area (TPSA) is 66.6 Å². The molecule has 1 amide bonds. The third kappa shape index (κ3) is 2.92. The highest BCUT2D eigenvalue weighted by Gasteiger charge is 2.33. The zero-order chi connectivity index (χ0) is 11.4. The van der Waals surface area contributed by atoms with Crippen LogP contribution in [0.15, 0.2) is 0 Å². The summed E-state index contributed by atoms with van der Waals surface area (Å²) < 4.78 is 0. The van der Waals surface area contributed by atoms with E-state index in [4.69, 9.17) is 5.73 Å². The lowest BCUT2D eigenvalue weighted by Gasteiger charge is -2.26. The fourth-order valence-electron chi connectivity index (χ4n) is 2.09. The zero-order valence-electron chi connectivity index (χ0n) is 9.65. The molecule has 0 aromatic heterocycles. The van der Waals surface area contributed by atoms with Crippen molar-refractivity contribution in [1.29, 1.82) is 0 Å². The lowest BCUT2D eigenvalue weighted by Crippen LogP contribution is -2.40. The molecule has 1 rings (SSSR count). The van der Waals surface area contributed by atoms with Gasteiger partial charge in [0.15, 0.2) is 0 Å². The van der Waals surface area contributed by atoms with Crippen molar-refractivity contribution >= 4 is 5.91 Å². The monoisotopic (exact) mass is 214 g/mol. The van der Waals surface area contributed by atoms with Gasteiger partial charge in [-0.1, -0.05) is 13.8 Å². The molecule has 0 spiro atoms. The Morgan fingerprint density at radius 3 is 2.87 bits per heavy atom. The van der Waals surface area contributed by atoms with Gasteiger partial charge in [-0.3, -0.25) is 4.79 Å². The third-order valence-corrected chi connectivity index (χ3v) is 3.32. The van der Waals surface area contributed by atoms with Crippen LogP contribution in [-0.4, -0.2) is 41.7 Å². The van der Waals surface area contributed by atoms with E-state index in [1.165, 1.54) is 0 Å². The van der Waals surface area contributed by atoms with Crippen LogP contribution in [0, 0.1) is 11.8 Å². The van der Waals surface area contributed by atoms with Gasteiger partial charge in [-0.2, -0.15) is 0 Å². The fraction of sp³-hybridized carbons (Fsp3) is 0.909. The number of amides is 1. The summed E-state index contributed by atoms with van der Waals surface area (Å²) in [4.78, 5) is 13.7. The number of aliphatic hydroxyl groups is 1. The number of likely N-dealkylation sites (tertiary alicyclic amines) is 1.